The Labute approximate surface area is 122 Å². The number of nitrogens with one attached hydrogen (secondary N) is 1. The molecule has 0 bridgehead atoms. The topological polar surface area (TPSA) is 12.0 Å². The van der Waals surface area contributed by atoms with E-state index in [0.717, 1.165) is 10.9 Å². The number of allylic oxidation sites excluding steroid dienone is 2. The fourth-order valence-corrected chi connectivity index (χ4v) is 3.40. The molecule has 0 saturated carbocycles. The van der Waals surface area contributed by atoms with E-state index in [2.05, 4.69) is 31.3 Å². The van der Waals surface area contributed by atoms with Crippen molar-refractivity contribution in [2.45, 2.75) is 46.0 Å². The third-order valence-corrected chi connectivity index (χ3v) is 4.52. The summed E-state index contributed by atoms with van der Waals surface area (Å²) in [5.74, 6) is 0.762. The van der Waals surface area contributed by atoms with Gasteiger partial charge in [0.1, 0.15) is 0 Å². The third kappa shape index (κ3) is 3.14. The van der Waals surface area contributed by atoms with Crippen molar-refractivity contribution in [1.82, 2.24) is 0 Å². The largest absolute Gasteiger partial charge is 0.388 e. The van der Waals surface area contributed by atoms with Gasteiger partial charge in [-0.25, -0.2) is 0 Å². The third-order valence-electron chi connectivity index (χ3n) is 4.28. The summed E-state index contributed by atoms with van der Waals surface area (Å²) in [5, 5.41) is 4.12. The molecular weight excluding hydrogens is 254 g/mol. The Balaban J connectivity index is 2.44. The van der Waals surface area contributed by atoms with Gasteiger partial charge in [-0.05, 0) is 62.3 Å². The van der Waals surface area contributed by atoms with Crippen LogP contribution >= 0.6 is 11.6 Å². The van der Waals surface area contributed by atoms with Gasteiger partial charge in [0.15, 0.2) is 0 Å². The Kier molecular flexibility index (Phi) is 4.93. The fourth-order valence-electron chi connectivity index (χ4n) is 3.23. The Hall–Kier alpha value is -0.950. The van der Waals surface area contributed by atoms with Gasteiger partial charge in [-0.3, -0.25) is 0 Å². The number of hydrogen-bond donors (Lipinski definition) is 1. The highest BCUT2D eigenvalue weighted by Crippen LogP contribution is 2.40. The quantitative estimate of drug-likeness (QED) is 0.738. The van der Waals surface area contributed by atoms with E-state index in [1.807, 2.05) is 13.1 Å². The lowest BCUT2D eigenvalue weighted by molar-refractivity contribution is 0.479. The van der Waals surface area contributed by atoms with E-state index in [-0.39, 0.29) is 0 Å². The zero-order chi connectivity index (χ0) is 13.8. The van der Waals surface area contributed by atoms with E-state index in [0.29, 0.717) is 0 Å². The molecule has 0 amide bonds. The lowest BCUT2D eigenvalue weighted by Gasteiger charge is -2.28. The highest BCUT2D eigenvalue weighted by Gasteiger charge is 2.21. The lowest BCUT2D eigenvalue weighted by atomic mass is 9.78. The molecule has 0 spiro atoms. The van der Waals surface area contributed by atoms with E-state index >= 15 is 0 Å². The van der Waals surface area contributed by atoms with Crippen LogP contribution in [0, 0.1) is 5.92 Å². The van der Waals surface area contributed by atoms with Crippen LogP contribution in [0.15, 0.2) is 23.8 Å². The molecule has 0 saturated heterocycles. The molecule has 0 fully saturated rings. The van der Waals surface area contributed by atoms with Gasteiger partial charge in [-0.15, -0.1) is 0 Å². The van der Waals surface area contributed by atoms with Gasteiger partial charge in [0.05, 0.1) is 0 Å². The van der Waals surface area contributed by atoms with Gasteiger partial charge in [0.2, 0.25) is 0 Å². The highest BCUT2D eigenvalue weighted by atomic mass is 35.5. The van der Waals surface area contributed by atoms with Gasteiger partial charge in [0, 0.05) is 23.3 Å². The first-order chi connectivity index (χ1) is 9.17. The smallest absolute Gasteiger partial charge is 0.0415 e. The van der Waals surface area contributed by atoms with Crippen molar-refractivity contribution in [2.75, 3.05) is 12.4 Å². The summed E-state index contributed by atoms with van der Waals surface area (Å²) in [6, 6.07) is 6.15. The van der Waals surface area contributed by atoms with Crippen LogP contribution in [0.4, 0.5) is 5.69 Å². The Bertz CT molecular complexity index is 476. The minimum absolute atomic E-state index is 0.762. The molecule has 0 radical (unpaired) electrons. The first-order valence-corrected chi connectivity index (χ1v) is 7.72. The first kappa shape index (κ1) is 14.5. The molecule has 1 aromatic carbocycles. The minimum Gasteiger partial charge on any atom is -0.388 e. The van der Waals surface area contributed by atoms with Gasteiger partial charge in [-0.2, -0.15) is 0 Å². The molecule has 0 aromatic heterocycles. The fraction of sp³-hybridized carbons (Fsp3) is 0.529. The van der Waals surface area contributed by atoms with Crippen LogP contribution in [-0.2, 0) is 0 Å². The molecule has 0 heterocycles. The van der Waals surface area contributed by atoms with E-state index < -0.39 is 0 Å². The van der Waals surface area contributed by atoms with E-state index in [4.69, 9.17) is 11.6 Å². The second-order valence-corrected chi connectivity index (χ2v) is 5.92. The van der Waals surface area contributed by atoms with Crippen LogP contribution in [0.3, 0.4) is 0 Å². The standard InChI is InChI=1S/C17H24ClN/c1-4-6-13-7-5-8-15(12(13)2)16-11-14(18)9-10-17(16)19-3/h9-11,13,19H,4-8H2,1-3H3. The van der Waals surface area contributed by atoms with Crippen molar-refractivity contribution in [1.29, 1.82) is 0 Å². The van der Waals surface area contributed by atoms with Gasteiger partial charge >= 0.3 is 0 Å². The summed E-state index contributed by atoms with van der Waals surface area (Å²) in [5.41, 5.74) is 5.58. The van der Waals surface area contributed by atoms with E-state index in [1.165, 1.54) is 48.9 Å². The average molecular weight is 278 g/mol. The molecule has 1 atom stereocenters. The number of hydrogen-bond acceptors (Lipinski definition) is 1. The maximum Gasteiger partial charge on any atom is 0.0415 e. The van der Waals surface area contributed by atoms with Crippen LogP contribution in [0.1, 0.15) is 51.5 Å². The number of rotatable bonds is 4. The molecule has 1 aromatic rings. The van der Waals surface area contributed by atoms with Gasteiger partial charge in [0.25, 0.3) is 0 Å². The molecular formula is C17H24ClN. The van der Waals surface area contributed by atoms with E-state index in [1.54, 1.807) is 5.57 Å². The van der Waals surface area contributed by atoms with Crippen molar-refractivity contribution in [2.24, 2.45) is 5.92 Å². The molecule has 2 heteroatoms. The van der Waals surface area contributed by atoms with Crippen molar-refractivity contribution in [3.63, 3.8) is 0 Å². The molecule has 1 N–H and O–H groups in total. The van der Waals surface area contributed by atoms with Gasteiger partial charge in [-0.1, -0.05) is 30.5 Å². The summed E-state index contributed by atoms with van der Waals surface area (Å²) < 4.78 is 0. The predicted molar refractivity (Wildman–Crippen MR) is 85.8 cm³/mol. The molecule has 104 valence electrons. The Morgan fingerprint density at radius 2 is 2.16 bits per heavy atom. The molecule has 1 unspecified atom stereocenters. The second kappa shape index (κ2) is 6.47. The second-order valence-electron chi connectivity index (χ2n) is 5.48. The summed E-state index contributed by atoms with van der Waals surface area (Å²) in [4.78, 5) is 0. The zero-order valence-corrected chi connectivity index (χ0v) is 13.0. The summed E-state index contributed by atoms with van der Waals surface area (Å²) in [6.07, 6.45) is 6.40. The monoisotopic (exact) mass is 277 g/mol. The molecule has 1 nitrogen and oxygen atoms in total. The van der Waals surface area contributed by atoms with Crippen molar-refractivity contribution >= 4 is 22.9 Å². The average Bonchev–Trinajstić information content (AvgIpc) is 2.41. The van der Waals surface area contributed by atoms with Gasteiger partial charge < -0.3 is 5.32 Å². The predicted octanol–water partition coefficient (Wildman–Crippen LogP) is 5.76. The summed E-state index contributed by atoms with van der Waals surface area (Å²) in [7, 11) is 1.98. The number of halogens is 1. The Morgan fingerprint density at radius 1 is 1.37 bits per heavy atom. The van der Waals surface area contributed by atoms with Crippen LogP contribution in [-0.4, -0.2) is 7.05 Å². The van der Waals surface area contributed by atoms with Crippen molar-refractivity contribution in [3.05, 3.63) is 34.4 Å². The van der Waals surface area contributed by atoms with Crippen molar-refractivity contribution in [3.8, 4) is 0 Å². The number of anilines is 1. The maximum absolute atomic E-state index is 6.19. The van der Waals surface area contributed by atoms with Crippen LogP contribution in [0.2, 0.25) is 5.02 Å². The van der Waals surface area contributed by atoms with Crippen molar-refractivity contribution < 1.29 is 0 Å². The van der Waals surface area contributed by atoms with Crippen LogP contribution in [0.5, 0.6) is 0 Å². The molecule has 1 aliphatic carbocycles. The SMILES string of the molecule is CCCC1CCCC(c2cc(Cl)ccc2NC)=C1C. The van der Waals surface area contributed by atoms with E-state index in [9.17, 15) is 0 Å². The maximum atomic E-state index is 6.19. The normalized spacial score (nSPS) is 19.7. The molecule has 1 aliphatic rings. The zero-order valence-electron chi connectivity index (χ0n) is 12.2. The lowest BCUT2D eigenvalue weighted by Crippen LogP contribution is -2.11. The van der Waals surface area contributed by atoms with Crippen LogP contribution in [0.25, 0.3) is 5.57 Å². The highest BCUT2D eigenvalue weighted by molar-refractivity contribution is 6.30. The molecule has 19 heavy (non-hydrogen) atoms. The summed E-state index contributed by atoms with van der Waals surface area (Å²) >= 11 is 6.19. The molecule has 0 aliphatic heterocycles. The summed E-state index contributed by atoms with van der Waals surface area (Å²) in [6.45, 7) is 4.59. The molecule has 2 rings (SSSR count). The first-order valence-electron chi connectivity index (χ1n) is 7.34. The minimum atomic E-state index is 0.762. The number of benzene rings is 1. The van der Waals surface area contributed by atoms with Crippen LogP contribution < -0.4 is 5.32 Å². The Morgan fingerprint density at radius 3 is 2.84 bits per heavy atom.